The van der Waals surface area contributed by atoms with E-state index < -0.39 is 0 Å². The van der Waals surface area contributed by atoms with Crippen LogP contribution in [-0.2, 0) is 11.2 Å². The third kappa shape index (κ3) is 1.84. The van der Waals surface area contributed by atoms with E-state index in [1.165, 1.54) is 12.7 Å². The Bertz CT molecular complexity index is 265. The number of hydrogen-bond acceptors (Lipinski definition) is 3. The van der Waals surface area contributed by atoms with Crippen molar-refractivity contribution in [2.75, 3.05) is 0 Å². The van der Waals surface area contributed by atoms with E-state index in [0.29, 0.717) is 18.2 Å². The quantitative estimate of drug-likeness (QED) is 0.711. The average Bonchev–Trinajstić information content (AvgIpc) is 2.66. The van der Waals surface area contributed by atoms with E-state index in [2.05, 4.69) is 10.3 Å². The van der Waals surface area contributed by atoms with Gasteiger partial charge in [-0.15, -0.1) is 0 Å². The van der Waals surface area contributed by atoms with Gasteiger partial charge in [0.05, 0.1) is 12.1 Å². The summed E-state index contributed by atoms with van der Waals surface area (Å²) in [5, 5.41) is 2.87. The molecule has 1 amide bonds. The molecule has 2 rings (SSSR count). The molecule has 0 unspecified atom stereocenters. The molecule has 1 aliphatic carbocycles. The highest BCUT2D eigenvalue weighted by Crippen LogP contribution is 2.18. The molecule has 1 N–H and O–H groups in total. The minimum absolute atomic E-state index is 0.0337. The predicted molar refractivity (Wildman–Crippen MR) is 41.4 cm³/mol. The van der Waals surface area contributed by atoms with E-state index in [4.69, 9.17) is 4.42 Å². The fourth-order valence-corrected chi connectivity index (χ4v) is 0.996. The predicted octanol–water partition coefficient (Wildman–Crippen LogP) is 0.496. The summed E-state index contributed by atoms with van der Waals surface area (Å²) in [6.07, 6.45) is 5.38. The standard InChI is InChI=1S/C8H10N2O2/c11-8(10-6-1-2-6)3-7-4-12-5-9-7/h4-6H,1-3H2,(H,10,11). The molecule has 1 saturated carbocycles. The first kappa shape index (κ1) is 7.34. The molecule has 0 bridgehead atoms. The first-order valence-corrected chi connectivity index (χ1v) is 4.01. The zero-order valence-electron chi connectivity index (χ0n) is 6.62. The van der Waals surface area contributed by atoms with E-state index in [1.54, 1.807) is 0 Å². The number of carbonyl (C=O) groups excluding carboxylic acids is 1. The van der Waals surface area contributed by atoms with Gasteiger partial charge in [-0.3, -0.25) is 4.79 Å². The van der Waals surface area contributed by atoms with Crippen molar-refractivity contribution in [1.29, 1.82) is 0 Å². The van der Waals surface area contributed by atoms with Crippen molar-refractivity contribution in [3.05, 3.63) is 18.4 Å². The van der Waals surface area contributed by atoms with Gasteiger partial charge in [-0.25, -0.2) is 4.98 Å². The minimum atomic E-state index is 0.0337. The Hall–Kier alpha value is -1.32. The number of amides is 1. The maximum atomic E-state index is 11.2. The van der Waals surface area contributed by atoms with Crippen molar-refractivity contribution in [3.63, 3.8) is 0 Å². The molecular weight excluding hydrogens is 156 g/mol. The summed E-state index contributed by atoms with van der Waals surface area (Å²) < 4.78 is 4.74. The molecular formula is C8H10N2O2. The molecule has 0 radical (unpaired) electrons. The van der Waals surface area contributed by atoms with Crippen LogP contribution in [0.3, 0.4) is 0 Å². The molecule has 0 spiro atoms. The number of nitrogens with one attached hydrogen (secondary N) is 1. The van der Waals surface area contributed by atoms with Gasteiger partial charge in [-0.1, -0.05) is 0 Å². The lowest BCUT2D eigenvalue weighted by molar-refractivity contribution is -0.120. The average molecular weight is 166 g/mol. The molecule has 0 aromatic carbocycles. The lowest BCUT2D eigenvalue weighted by Crippen LogP contribution is -2.27. The van der Waals surface area contributed by atoms with Crippen LogP contribution in [0.4, 0.5) is 0 Å². The van der Waals surface area contributed by atoms with Gasteiger partial charge in [-0.2, -0.15) is 0 Å². The molecule has 4 heteroatoms. The summed E-state index contributed by atoms with van der Waals surface area (Å²) >= 11 is 0. The van der Waals surface area contributed by atoms with Crippen LogP contribution in [-0.4, -0.2) is 16.9 Å². The van der Waals surface area contributed by atoms with Crippen LogP contribution in [0, 0.1) is 0 Å². The molecule has 0 atom stereocenters. The second-order valence-electron chi connectivity index (χ2n) is 3.00. The second-order valence-corrected chi connectivity index (χ2v) is 3.00. The van der Waals surface area contributed by atoms with Crippen molar-refractivity contribution in [2.45, 2.75) is 25.3 Å². The van der Waals surface area contributed by atoms with E-state index in [0.717, 1.165) is 12.8 Å². The van der Waals surface area contributed by atoms with Crippen LogP contribution in [0.2, 0.25) is 0 Å². The third-order valence-corrected chi connectivity index (χ3v) is 1.77. The van der Waals surface area contributed by atoms with Crippen molar-refractivity contribution in [1.82, 2.24) is 10.3 Å². The van der Waals surface area contributed by atoms with Crippen molar-refractivity contribution in [3.8, 4) is 0 Å². The second kappa shape index (κ2) is 2.97. The van der Waals surface area contributed by atoms with Gasteiger partial charge >= 0.3 is 0 Å². The molecule has 4 nitrogen and oxygen atoms in total. The normalized spacial score (nSPS) is 16.0. The molecule has 12 heavy (non-hydrogen) atoms. The van der Waals surface area contributed by atoms with Gasteiger partial charge in [0.1, 0.15) is 6.26 Å². The zero-order valence-corrected chi connectivity index (χ0v) is 6.62. The first-order chi connectivity index (χ1) is 5.84. The summed E-state index contributed by atoms with van der Waals surface area (Å²) in [5.41, 5.74) is 0.688. The van der Waals surface area contributed by atoms with Gasteiger partial charge in [0.25, 0.3) is 0 Å². The number of hydrogen-bond donors (Lipinski definition) is 1. The highest BCUT2D eigenvalue weighted by atomic mass is 16.3. The highest BCUT2D eigenvalue weighted by molar-refractivity contribution is 5.78. The van der Waals surface area contributed by atoms with Crippen LogP contribution in [0.25, 0.3) is 0 Å². The lowest BCUT2D eigenvalue weighted by Gasteiger charge is -1.98. The summed E-state index contributed by atoms with van der Waals surface area (Å²) in [4.78, 5) is 15.0. The SMILES string of the molecule is O=C(Cc1cocn1)NC1CC1. The van der Waals surface area contributed by atoms with Crippen LogP contribution >= 0.6 is 0 Å². The molecule has 1 heterocycles. The molecule has 0 saturated heterocycles. The van der Waals surface area contributed by atoms with Crippen LogP contribution in [0.15, 0.2) is 17.1 Å². The Morgan fingerprint density at radius 2 is 2.58 bits per heavy atom. The fourth-order valence-electron chi connectivity index (χ4n) is 0.996. The van der Waals surface area contributed by atoms with Crippen LogP contribution in [0.1, 0.15) is 18.5 Å². The molecule has 1 aromatic heterocycles. The summed E-state index contributed by atoms with van der Waals surface area (Å²) in [6.45, 7) is 0. The van der Waals surface area contributed by atoms with E-state index >= 15 is 0 Å². The molecule has 64 valence electrons. The summed E-state index contributed by atoms with van der Waals surface area (Å²) in [5.74, 6) is 0.0337. The number of aromatic nitrogens is 1. The Labute approximate surface area is 70.0 Å². The number of oxazole rings is 1. The third-order valence-electron chi connectivity index (χ3n) is 1.77. The lowest BCUT2D eigenvalue weighted by atomic mass is 10.3. The summed E-state index contributed by atoms with van der Waals surface area (Å²) in [7, 11) is 0. The van der Waals surface area contributed by atoms with Crippen molar-refractivity contribution >= 4 is 5.91 Å². The number of rotatable bonds is 3. The topological polar surface area (TPSA) is 55.1 Å². The van der Waals surface area contributed by atoms with Crippen molar-refractivity contribution < 1.29 is 9.21 Å². The maximum absolute atomic E-state index is 11.2. The molecule has 1 aromatic rings. The molecule has 1 fully saturated rings. The number of nitrogens with zero attached hydrogens (tertiary/aromatic N) is 1. The first-order valence-electron chi connectivity index (χ1n) is 4.01. The minimum Gasteiger partial charge on any atom is -0.451 e. The van der Waals surface area contributed by atoms with Crippen LogP contribution in [0.5, 0.6) is 0 Å². The molecule has 0 aliphatic heterocycles. The van der Waals surface area contributed by atoms with Gasteiger partial charge in [0, 0.05) is 6.04 Å². The van der Waals surface area contributed by atoms with Gasteiger partial charge < -0.3 is 9.73 Å². The van der Waals surface area contributed by atoms with Crippen molar-refractivity contribution in [2.24, 2.45) is 0 Å². The Morgan fingerprint density at radius 1 is 1.75 bits per heavy atom. The van der Waals surface area contributed by atoms with Gasteiger partial charge in [0.15, 0.2) is 6.39 Å². The molecule has 1 aliphatic rings. The zero-order chi connectivity index (χ0) is 8.39. The largest absolute Gasteiger partial charge is 0.451 e. The maximum Gasteiger partial charge on any atom is 0.226 e. The van der Waals surface area contributed by atoms with Gasteiger partial charge in [-0.05, 0) is 12.8 Å². The van der Waals surface area contributed by atoms with E-state index in [1.807, 2.05) is 0 Å². The van der Waals surface area contributed by atoms with E-state index in [9.17, 15) is 4.79 Å². The fraction of sp³-hybridized carbons (Fsp3) is 0.500. The Morgan fingerprint density at radius 3 is 3.17 bits per heavy atom. The van der Waals surface area contributed by atoms with Crippen LogP contribution < -0.4 is 5.32 Å². The Kier molecular flexibility index (Phi) is 1.81. The van der Waals surface area contributed by atoms with Gasteiger partial charge in [0.2, 0.25) is 5.91 Å². The monoisotopic (exact) mass is 166 g/mol. The smallest absolute Gasteiger partial charge is 0.226 e. The summed E-state index contributed by atoms with van der Waals surface area (Å²) in [6, 6.07) is 0.421. The number of carbonyl (C=O) groups is 1. The van der Waals surface area contributed by atoms with E-state index in [-0.39, 0.29) is 5.91 Å². The highest BCUT2D eigenvalue weighted by Gasteiger charge is 2.23. The Balaban J connectivity index is 1.82.